The highest BCUT2D eigenvalue weighted by molar-refractivity contribution is 5.83. The maximum Gasteiger partial charge on any atom is 0.224 e. The molecule has 28 heavy (non-hydrogen) atoms. The third-order valence-electron chi connectivity index (χ3n) is 5.83. The number of carbonyl (C=O) groups is 1. The number of aliphatic hydroxyl groups is 1. The van der Waals surface area contributed by atoms with Gasteiger partial charge in [-0.3, -0.25) is 9.69 Å². The Balaban J connectivity index is 1.37. The quantitative estimate of drug-likeness (QED) is 0.768. The van der Waals surface area contributed by atoms with E-state index in [0.717, 1.165) is 11.1 Å². The number of aliphatic hydroxyl groups excluding tert-OH is 1. The van der Waals surface area contributed by atoms with E-state index in [0.29, 0.717) is 13.1 Å². The molecule has 1 saturated carbocycles. The second-order valence-corrected chi connectivity index (χ2v) is 9.57. The molecule has 2 aromatic heterocycles. The number of ether oxygens (including phenoxy) is 1. The first-order valence-corrected chi connectivity index (χ1v) is 9.92. The van der Waals surface area contributed by atoms with Crippen molar-refractivity contribution in [2.45, 2.75) is 52.2 Å². The van der Waals surface area contributed by atoms with Gasteiger partial charge < -0.3 is 15.2 Å². The number of fused-ring (bicyclic) bond motifs is 2. The van der Waals surface area contributed by atoms with Crippen molar-refractivity contribution >= 4 is 11.4 Å². The van der Waals surface area contributed by atoms with Gasteiger partial charge in [0, 0.05) is 30.8 Å². The molecule has 152 valence electrons. The molecule has 3 heterocycles. The summed E-state index contributed by atoms with van der Waals surface area (Å²) in [5.41, 5.74) is 1.09. The Morgan fingerprint density at radius 2 is 1.93 bits per heavy atom. The number of likely N-dealkylation sites (tertiary alicyclic amines) is 1. The van der Waals surface area contributed by atoms with E-state index >= 15 is 0 Å². The van der Waals surface area contributed by atoms with Crippen LogP contribution in [0.25, 0.3) is 5.52 Å². The third-order valence-corrected chi connectivity index (χ3v) is 5.83. The zero-order chi connectivity index (χ0) is 20.3. The molecule has 2 fully saturated rings. The fourth-order valence-electron chi connectivity index (χ4n) is 4.39. The summed E-state index contributed by atoms with van der Waals surface area (Å²) in [5, 5.41) is 17.9. The summed E-state index contributed by atoms with van der Waals surface area (Å²) in [4.78, 5) is 14.8. The fourth-order valence-corrected chi connectivity index (χ4v) is 4.39. The lowest BCUT2D eigenvalue weighted by Gasteiger charge is -2.31. The van der Waals surface area contributed by atoms with E-state index in [4.69, 9.17) is 4.74 Å². The Hall–Kier alpha value is -1.96. The van der Waals surface area contributed by atoms with Gasteiger partial charge in [-0.25, -0.2) is 4.52 Å². The molecule has 4 rings (SSSR count). The smallest absolute Gasteiger partial charge is 0.224 e. The standard InChI is InChI=1S/C21H30N4O3/c1-20(2,3)28-19(27)24-11-13-14(12-24)17(13)18(26)23-21(4,5)15-10-22-25-9-7-6-8-16(15)25/h6-10,13-14,17,19,27H,11-12H2,1-5H3,(H,23,26)/t13-,14+,17+,19?. The van der Waals surface area contributed by atoms with Gasteiger partial charge in [0.2, 0.25) is 12.3 Å². The number of piperidine rings is 1. The Morgan fingerprint density at radius 3 is 2.57 bits per heavy atom. The van der Waals surface area contributed by atoms with Crippen LogP contribution in [-0.2, 0) is 15.1 Å². The summed E-state index contributed by atoms with van der Waals surface area (Å²) in [5.74, 6) is 0.677. The highest BCUT2D eigenvalue weighted by Crippen LogP contribution is 2.52. The number of carbonyl (C=O) groups excluding carboxylic acids is 1. The number of hydrogen-bond donors (Lipinski definition) is 2. The average Bonchev–Trinajstić information content (AvgIpc) is 2.96. The van der Waals surface area contributed by atoms with Crippen molar-refractivity contribution in [3.63, 3.8) is 0 Å². The van der Waals surface area contributed by atoms with Gasteiger partial charge in [-0.2, -0.15) is 5.10 Å². The Kier molecular flexibility index (Phi) is 4.52. The van der Waals surface area contributed by atoms with Crippen LogP contribution < -0.4 is 5.32 Å². The molecular weight excluding hydrogens is 356 g/mol. The number of amides is 1. The van der Waals surface area contributed by atoms with E-state index in [1.54, 1.807) is 0 Å². The second kappa shape index (κ2) is 6.54. The predicted octanol–water partition coefficient (Wildman–Crippen LogP) is 1.95. The van der Waals surface area contributed by atoms with Crippen molar-refractivity contribution in [3.05, 3.63) is 36.2 Å². The normalized spacial score (nSPS) is 26.3. The average molecular weight is 386 g/mol. The van der Waals surface area contributed by atoms with Crippen LogP contribution in [0.2, 0.25) is 0 Å². The lowest BCUT2D eigenvalue weighted by molar-refractivity contribution is -0.236. The third kappa shape index (κ3) is 3.54. The van der Waals surface area contributed by atoms with Crippen molar-refractivity contribution in [1.29, 1.82) is 0 Å². The molecule has 0 radical (unpaired) electrons. The van der Waals surface area contributed by atoms with Gasteiger partial charge >= 0.3 is 0 Å². The summed E-state index contributed by atoms with van der Waals surface area (Å²) in [6.45, 7) is 11.2. The first-order valence-electron chi connectivity index (χ1n) is 9.92. The van der Waals surface area contributed by atoms with Gasteiger partial charge in [-0.15, -0.1) is 0 Å². The van der Waals surface area contributed by atoms with Crippen LogP contribution in [0, 0.1) is 17.8 Å². The number of rotatable bonds is 5. The minimum absolute atomic E-state index is 0.0131. The van der Waals surface area contributed by atoms with Crippen molar-refractivity contribution in [2.75, 3.05) is 13.1 Å². The summed E-state index contributed by atoms with van der Waals surface area (Å²) >= 11 is 0. The van der Waals surface area contributed by atoms with E-state index < -0.39 is 17.6 Å². The molecule has 2 N–H and O–H groups in total. The minimum Gasteiger partial charge on any atom is -0.356 e. The SMILES string of the molecule is CC(C)(C)OC(O)N1C[C@@H]2[C@H](C1)[C@H]2C(=O)NC(C)(C)c1cnn2ccccc12. The first kappa shape index (κ1) is 19.4. The number of pyridine rings is 1. The zero-order valence-corrected chi connectivity index (χ0v) is 17.2. The molecule has 2 aromatic rings. The van der Waals surface area contributed by atoms with E-state index in [9.17, 15) is 9.90 Å². The monoisotopic (exact) mass is 386 g/mol. The van der Waals surface area contributed by atoms with Gasteiger partial charge in [0.05, 0.1) is 22.9 Å². The van der Waals surface area contributed by atoms with Crippen molar-refractivity contribution in [2.24, 2.45) is 17.8 Å². The van der Waals surface area contributed by atoms with Crippen molar-refractivity contribution in [3.8, 4) is 0 Å². The number of nitrogens with one attached hydrogen (secondary N) is 1. The molecule has 1 saturated heterocycles. The van der Waals surface area contributed by atoms with E-state index in [1.165, 1.54) is 0 Å². The lowest BCUT2D eigenvalue weighted by atomic mass is 9.95. The van der Waals surface area contributed by atoms with Crippen molar-refractivity contribution < 1.29 is 14.6 Å². The summed E-state index contributed by atoms with van der Waals surface area (Å²) in [6, 6.07) is 5.92. The highest BCUT2D eigenvalue weighted by atomic mass is 16.6. The van der Waals surface area contributed by atoms with E-state index in [-0.39, 0.29) is 23.7 Å². The number of hydrogen-bond acceptors (Lipinski definition) is 5. The van der Waals surface area contributed by atoms with Gasteiger partial charge in [0.1, 0.15) is 0 Å². The zero-order valence-electron chi connectivity index (χ0n) is 17.2. The molecule has 7 heteroatoms. The van der Waals surface area contributed by atoms with E-state index in [1.807, 2.05) is 74.6 Å². The minimum atomic E-state index is -0.910. The molecule has 2 aliphatic rings. The van der Waals surface area contributed by atoms with Crippen LogP contribution in [0.3, 0.4) is 0 Å². The van der Waals surface area contributed by atoms with Crippen LogP contribution in [0.15, 0.2) is 30.6 Å². The Bertz CT molecular complexity index is 873. The lowest BCUT2D eigenvalue weighted by Crippen LogP contribution is -2.45. The molecule has 1 unspecified atom stereocenters. The largest absolute Gasteiger partial charge is 0.356 e. The predicted molar refractivity (Wildman–Crippen MR) is 105 cm³/mol. The summed E-state index contributed by atoms with van der Waals surface area (Å²) in [6.07, 6.45) is 2.82. The van der Waals surface area contributed by atoms with Crippen LogP contribution in [-0.4, -0.2) is 50.6 Å². The Morgan fingerprint density at radius 1 is 1.25 bits per heavy atom. The van der Waals surface area contributed by atoms with Crippen LogP contribution >= 0.6 is 0 Å². The van der Waals surface area contributed by atoms with Crippen LogP contribution in [0.1, 0.15) is 40.2 Å². The molecule has 0 bridgehead atoms. The molecule has 1 amide bonds. The summed E-state index contributed by atoms with van der Waals surface area (Å²) < 4.78 is 7.45. The molecular formula is C21H30N4O3. The maximum absolute atomic E-state index is 12.9. The molecule has 0 spiro atoms. The molecule has 7 nitrogen and oxygen atoms in total. The Labute approximate surface area is 165 Å². The van der Waals surface area contributed by atoms with Crippen molar-refractivity contribution in [1.82, 2.24) is 19.8 Å². The second-order valence-electron chi connectivity index (χ2n) is 9.57. The van der Waals surface area contributed by atoms with Crippen LogP contribution in [0.4, 0.5) is 0 Å². The van der Waals surface area contributed by atoms with Gasteiger partial charge in [0.25, 0.3) is 0 Å². The molecule has 1 aliphatic heterocycles. The van der Waals surface area contributed by atoms with Gasteiger partial charge in [-0.1, -0.05) is 6.07 Å². The van der Waals surface area contributed by atoms with Crippen LogP contribution in [0.5, 0.6) is 0 Å². The maximum atomic E-state index is 12.9. The number of nitrogens with zero attached hydrogens (tertiary/aromatic N) is 3. The van der Waals surface area contributed by atoms with E-state index in [2.05, 4.69) is 10.4 Å². The first-order chi connectivity index (χ1) is 13.1. The summed E-state index contributed by atoms with van der Waals surface area (Å²) in [7, 11) is 0. The molecule has 4 atom stereocenters. The molecule has 0 aromatic carbocycles. The van der Waals surface area contributed by atoms with Gasteiger partial charge in [-0.05, 0) is 58.6 Å². The fraction of sp³-hybridized carbons (Fsp3) is 0.619. The molecule has 1 aliphatic carbocycles. The number of aromatic nitrogens is 2. The highest BCUT2D eigenvalue weighted by Gasteiger charge is 2.60. The van der Waals surface area contributed by atoms with Gasteiger partial charge in [0.15, 0.2) is 0 Å². The topological polar surface area (TPSA) is 79.1 Å².